The number of ketones is 1. The molecule has 3 aromatic carbocycles. The predicted octanol–water partition coefficient (Wildman–Crippen LogP) is 6.42. The number of carbonyl (C=O) groups excluding carboxylic acids is 2. The van der Waals surface area contributed by atoms with Gasteiger partial charge in [0.15, 0.2) is 0 Å². The molecule has 1 heterocycles. The minimum Gasteiger partial charge on any atom is -0.507 e. The predicted molar refractivity (Wildman–Crippen MR) is 141 cm³/mol. The topological polar surface area (TPSA) is 76.1 Å². The highest BCUT2D eigenvalue weighted by Crippen LogP contribution is 2.45. The number of aliphatic hydroxyl groups excluding tert-OH is 1. The molecule has 4 rings (SSSR count). The van der Waals surface area contributed by atoms with E-state index in [1.54, 1.807) is 0 Å². The Morgan fingerprint density at radius 1 is 0.972 bits per heavy atom. The highest BCUT2D eigenvalue weighted by Gasteiger charge is 2.47. The second-order valence-corrected chi connectivity index (χ2v) is 9.42. The van der Waals surface area contributed by atoms with Gasteiger partial charge in [-0.2, -0.15) is 0 Å². The average Bonchev–Trinajstić information content (AvgIpc) is 3.13. The maximum atomic E-state index is 13.5. The lowest BCUT2D eigenvalue weighted by Gasteiger charge is -2.26. The monoisotopic (exact) mass is 505 g/mol. The molecule has 1 aliphatic heterocycles. The molecule has 1 atom stereocenters. The van der Waals surface area contributed by atoms with Crippen LogP contribution in [0.4, 0.5) is 5.69 Å². The molecule has 1 saturated heterocycles. The van der Waals surface area contributed by atoms with E-state index >= 15 is 0 Å². The number of benzene rings is 3. The lowest BCUT2D eigenvalue weighted by Crippen LogP contribution is -2.29. The first kappa shape index (κ1) is 25.3. The zero-order valence-corrected chi connectivity index (χ0v) is 21.6. The van der Waals surface area contributed by atoms with Crippen molar-refractivity contribution in [2.75, 3.05) is 19.1 Å². The largest absolute Gasteiger partial charge is 0.507 e. The first-order chi connectivity index (χ1) is 17.2. The maximum Gasteiger partial charge on any atom is 0.300 e. The molecule has 0 radical (unpaired) electrons. The Bertz CT molecular complexity index is 1360. The molecule has 186 valence electrons. The Morgan fingerprint density at radius 2 is 1.64 bits per heavy atom. The summed E-state index contributed by atoms with van der Waals surface area (Å²) in [6, 6.07) is 17.2. The van der Waals surface area contributed by atoms with Crippen molar-refractivity contribution in [1.29, 1.82) is 0 Å². The van der Waals surface area contributed by atoms with Gasteiger partial charge in [-0.05, 0) is 42.2 Å². The van der Waals surface area contributed by atoms with E-state index in [4.69, 9.17) is 21.1 Å². The van der Waals surface area contributed by atoms with Gasteiger partial charge in [0.05, 0.1) is 36.4 Å². The number of rotatable bonds is 6. The Labute approximate surface area is 215 Å². The molecule has 1 unspecified atom stereocenters. The summed E-state index contributed by atoms with van der Waals surface area (Å²) in [7, 11) is 2.88. The van der Waals surface area contributed by atoms with Crippen molar-refractivity contribution < 1.29 is 24.2 Å². The van der Waals surface area contributed by atoms with E-state index in [1.165, 1.54) is 31.3 Å². The first-order valence-electron chi connectivity index (χ1n) is 11.6. The fourth-order valence-corrected chi connectivity index (χ4v) is 4.70. The van der Waals surface area contributed by atoms with E-state index in [-0.39, 0.29) is 27.7 Å². The maximum absolute atomic E-state index is 13.5. The van der Waals surface area contributed by atoms with Crippen LogP contribution < -0.4 is 14.4 Å². The molecule has 1 amide bonds. The highest BCUT2D eigenvalue weighted by molar-refractivity contribution is 6.51. The average molecular weight is 506 g/mol. The summed E-state index contributed by atoms with van der Waals surface area (Å²) in [4.78, 5) is 28.3. The van der Waals surface area contributed by atoms with Gasteiger partial charge in [0, 0.05) is 11.8 Å². The van der Waals surface area contributed by atoms with Gasteiger partial charge in [0.2, 0.25) is 0 Å². The number of aryl methyl sites for hydroxylation is 1. The van der Waals surface area contributed by atoms with Crippen molar-refractivity contribution in [3.05, 3.63) is 93.5 Å². The molecule has 0 saturated carbocycles. The molecule has 1 aliphatic rings. The van der Waals surface area contributed by atoms with Crippen molar-refractivity contribution in [3.63, 3.8) is 0 Å². The van der Waals surface area contributed by atoms with Gasteiger partial charge in [-0.1, -0.05) is 67.4 Å². The number of Topliss-reactive ketones (excluding diaryl/α,β-unsaturated/α-hetero) is 1. The molecule has 7 heteroatoms. The number of amides is 1. The molecular weight excluding hydrogens is 478 g/mol. The van der Waals surface area contributed by atoms with Crippen molar-refractivity contribution in [2.24, 2.45) is 0 Å². The lowest BCUT2D eigenvalue weighted by molar-refractivity contribution is -0.132. The van der Waals surface area contributed by atoms with Crippen LogP contribution in [0.5, 0.6) is 11.5 Å². The Morgan fingerprint density at radius 3 is 2.22 bits per heavy atom. The fourth-order valence-electron chi connectivity index (χ4n) is 4.46. The van der Waals surface area contributed by atoms with Crippen LogP contribution in [-0.2, 0) is 9.59 Å². The normalized spacial score (nSPS) is 17.1. The van der Waals surface area contributed by atoms with E-state index in [0.717, 1.165) is 11.1 Å². The molecule has 1 fully saturated rings. The Hall–Kier alpha value is -3.77. The van der Waals surface area contributed by atoms with Crippen molar-refractivity contribution in [2.45, 2.75) is 32.7 Å². The van der Waals surface area contributed by atoms with Gasteiger partial charge in [-0.15, -0.1) is 0 Å². The van der Waals surface area contributed by atoms with E-state index in [9.17, 15) is 14.7 Å². The SMILES string of the molecule is COc1cc(/C(O)=C2\C(=O)C(=O)N(c3ccc(C(C)C)cc3)C2c2cccc(C)c2)c(OC)cc1Cl. The van der Waals surface area contributed by atoms with E-state index in [1.807, 2.05) is 55.5 Å². The molecule has 1 N–H and O–H groups in total. The fraction of sp³-hybridized carbons (Fsp3) is 0.241. The summed E-state index contributed by atoms with van der Waals surface area (Å²) < 4.78 is 10.7. The molecule has 36 heavy (non-hydrogen) atoms. The third-order valence-electron chi connectivity index (χ3n) is 6.37. The third-order valence-corrected chi connectivity index (χ3v) is 6.66. The van der Waals surface area contributed by atoms with Gasteiger partial charge < -0.3 is 14.6 Å². The number of methoxy groups -OCH3 is 2. The summed E-state index contributed by atoms with van der Waals surface area (Å²) in [5, 5.41) is 11.8. The van der Waals surface area contributed by atoms with Crippen LogP contribution in [0.25, 0.3) is 5.76 Å². The zero-order chi connectivity index (χ0) is 26.1. The highest BCUT2D eigenvalue weighted by atomic mass is 35.5. The molecule has 0 spiro atoms. The van der Waals surface area contributed by atoms with Gasteiger partial charge >= 0.3 is 0 Å². The Balaban J connectivity index is 1.97. The van der Waals surface area contributed by atoms with Gasteiger partial charge in [-0.25, -0.2) is 0 Å². The second kappa shape index (κ2) is 10.1. The van der Waals surface area contributed by atoms with Crippen molar-refractivity contribution >= 4 is 34.7 Å². The summed E-state index contributed by atoms with van der Waals surface area (Å²) in [5.41, 5.74) is 3.49. The Kier molecular flexibility index (Phi) is 7.09. The quantitative estimate of drug-likeness (QED) is 0.238. The van der Waals surface area contributed by atoms with Crippen LogP contribution >= 0.6 is 11.6 Å². The smallest absolute Gasteiger partial charge is 0.300 e. The first-order valence-corrected chi connectivity index (χ1v) is 11.9. The van der Waals surface area contributed by atoms with Gasteiger partial charge in [0.25, 0.3) is 11.7 Å². The summed E-state index contributed by atoms with van der Waals surface area (Å²) in [6.45, 7) is 6.10. The van der Waals surface area contributed by atoms with Crippen LogP contribution in [0.1, 0.15) is 48.1 Å². The number of halogens is 1. The minimum absolute atomic E-state index is 0.0405. The van der Waals surface area contributed by atoms with Crippen molar-refractivity contribution in [1.82, 2.24) is 0 Å². The molecule has 3 aromatic rings. The van der Waals surface area contributed by atoms with Gasteiger partial charge in [0.1, 0.15) is 17.3 Å². The van der Waals surface area contributed by atoms with E-state index in [2.05, 4.69) is 13.8 Å². The number of hydrogen-bond donors (Lipinski definition) is 1. The van der Waals surface area contributed by atoms with Crippen LogP contribution in [-0.4, -0.2) is 31.0 Å². The number of aliphatic hydroxyl groups is 1. The van der Waals surface area contributed by atoms with Crippen molar-refractivity contribution in [3.8, 4) is 11.5 Å². The van der Waals surface area contributed by atoms with E-state index < -0.39 is 17.7 Å². The lowest BCUT2D eigenvalue weighted by atomic mass is 9.93. The third kappa shape index (κ3) is 4.44. The number of carbonyl (C=O) groups is 2. The number of anilines is 1. The van der Waals surface area contributed by atoms with Crippen LogP contribution in [0.2, 0.25) is 5.02 Å². The molecular formula is C29H28ClNO5. The molecule has 0 bridgehead atoms. The molecule has 0 aromatic heterocycles. The summed E-state index contributed by atoms with van der Waals surface area (Å²) in [5.74, 6) is -1.02. The van der Waals surface area contributed by atoms with Crippen LogP contribution in [0.3, 0.4) is 0 Å². The number of ether oxygens (including phenoxy) is 2. The summed E-state index contributed by atoms with van der Waals surface area (Å²) >= 11 is 6.24. The van der Waals surface area contributed by atoms with E-state index in [0.29, 0.717) is 22.9 Å². The minimum atomic E-state index is -0.846. The standard InChI is InChI=1S/C29H28ClNO5/c1-16(2)18-9-11-20(12-10-18)31-26(19-8-6-7-17(3)13-19)25(28(33)29(31)34)27(32)21-14-24(36-5)22(30)15-23(21)35-4/h6-16,26,32H,1-5H3/b27-25+. The molecule has 0 aliphatic carbocycles. The number of hydrogen-bond acceptors (Lipinski definition) is 5. The van der Waals surface area contributed by atoms with Crippen LogP contribution in [0, 0.1) is 6.92 Å². The molecule has 6 nitrogen and oxygen atoms in total. The second-order valence-electron chi connectivity index (χ2n) is 9.02. The van der Waals surface area contributed by atoms with Gasteiger partial charge in [-0.3, -0.25) is 14.5 Å². The summed E-state index contributed by atoms with van der Waals surface area (Å²) in [6.07, 6.45) is 0. The number of nitrogens with zero attached hydrogens (tertiary/aromatic N) is 1. The van der Waals surface area contributed by atoms with Crippen LogP contribution in [0.15, 0.2) is 66.2 Å². The zero-order valence-electron chi connectivity index (χ0n) is 20.8.